The van der Waals surface area contributed by atoms with Crippen molar-refractivity contribution in [2.45, 2.75) is 51.0 Å². The second kappa shape index (κ2) is 7.59. The van der Waals surface area contributed by atoms with Crippen LogP contribution in [0.5, 0.6) is 11.6 Å². The van der Waals surface area contributed by atoms with Gasteiger partial charge in [-0.25, -0.2) is 18.9 Å². The fraction of sp³-hybridized carbons (Fsp3) is 0.429. The topological polar surface area (TPSA) is 125 Å². The van der Waals surface area contributed by atoms with Crippen molar-refractivity contribution in [3.05, 3.63) is 41.6 Å². The summed E-state index contributed by atoms with van der Waals surface area (Å²) in [4.78, 5) is 23.9. The molecule has 0 unspecified atom stereocenters. The molecule has 3 aliphatic rings. The number of pyridine rings is 1. The van der Waals surface area contributed by atoms with Gasteiger partial charge in [-0.1, -0.05) is 0 Å². The van der Waals surface area contributed by atoms with Crippen LogP contribution in [0.2, 0.25) is 0 Å². The van der Waals surface area contributed by atoms with E-state index in [0.29, 0.717) is 40.8 Å². The van der Waals surface area contributed by atoms with Crippen LogP contribution in [0.15, 0.2) is 24.7 Å². The number of hydrogen-bond acceptors (Lipinski definition) is 7. The molecule has 1 saturated carbocycles. The van der Waals surface area contributed by atoms with Gasteiger partial charge in [-0.15, -0.1) is 0 Å². The number of ether oxygens (including phenoxy) is 2. The molecule has 0 aromatic carbocycles. The average Bonchev–Trinajstić information content (AvgIpc) is 3.38. The lowest BCUT2D eigenvalue weighted by Crippen LogP contribution is -2.47. The average molecular weight is 442 g/mol. The first-order chi connectivity index (χ1) is 15.1. The van der Waals surface area contributed by atoms with Gasteiger partial charge in [-0.3, -0.25) is 4.79 Å². The van der Waals surface area contributed by atoms with E-state index in [1.165, 1.54) is 12.3 Å². The zero-order chi connectivity index (χ0) is 21.1. The third-order valence-electron chi connectivity index (χ3n) is 6.15. The summed E-state index contributed by atoms with van der Waals surface area (Å²) in [6.07, 6.45) is 6.99. The van der Waals surface area contributed by atoms with E-state index < -0.39 is 5.82 Å². The number of amides is 1. The highest BCUT2D eigenvalue weighted by molar-refractivity contribution is 5.99. The molecular formula is C21H23FN6O4. The number of rotatable bonds is 0. The number of halogens is 1. The lowest BCUT2D eigenvalue weighted by atomic mass is 10.1. The Balaban J connectivity index is 0.00000216. The van der Waals surface area contributed by atoms with Crippen LogP contribution in [0.1, 0.15) is 42.1 Å². The van der Waals surface area contributed by atoms with Crippen LogP contribution in [-0.4, -0.2) is 55.8 Å². The van der Waals surface area contributed by atoms with Crippen molar-refractivity contribution in [2.75, 3.05) is 11.4 Å². The van der Waals surface area contributed by atoms with E-state index in [4.69, 9.17) is 14.5 Å². The Bertz CT molecular complexity index is 1200. The SMILES string of the molecule is C[C@H]1CNC(=O)c2cnn3cc4c(nc23)N(Cc2cc(F)cnc2O1)[C@@H]1CCC[C@@H]1O4.O. The molecule has 5 heterocycles. The second-order valence-corrected chi connectivity index (χ2v) is 8.29. The maximum atomic E-state index is 14.1. The summed E-state index contributed by atoms with van der Waals surface area (Å²) in [6, 6.07) is 1.55. The highest BCUT2D eigenvalue weighted by Crippen LogP contribution is 2.42. The number of hydrogen-bond donors (Lipinski definition) is 1. The second-order valence-electron chi connectivity index (χ2n) is 8.29. The van der Waals surface area contributed by atoms with Gasteiger partial charge in [-0.2, -0.15) is 5.10 Å². The van der Waals surface area contributed by atoms with E-state index in [2.05, 4.69) is 20.3 Å². The minimum absolute atomic E-state index is 0. The minimum Gasteiger partial charge on any atom is -0.483 e. The number of fused-ring (bicyclic) bond motifs is 3. The third-order valence-corrected chi connectivity index (χ3v) is 6.15. The predicted molar refractivity (Wildman–Crippen MR) is 111 cm³/mol. The van der Waals surface area contributed by atoms with Gasteiger partial charge in [0.05, 0.1) is 37.7 Å². The van der Waals surface area contributed by atoms with Gasteiger partial charge in [0.1, 0.15) is 23.6 Å². The van der Waals surface area contributed by atoms with E-state index in [1.54, 1.807) is 10.7 Å². The van der Waals surface area contributed by atoms with Gasteiger partial charge in [-0.05, 0) is 32.3 Å². The molecule has 1 amide bonds. The molecule has 2 bridgehead atoms. The number of carbonyl (C=O) groups excluding carboxylic acids is 1. The highest BCUT2D eigenvalue weighted by atomic mass is 19.1. The van der Waals surface area contributed by atoms with E-state index in [-0.39, 0.29) is 36.2 Å². The van der Waals surface area contributed by atoms with E-state index >= 15 is 0 Å². The van der Waals surface area contributed by atoms with Gasteiger partial charge in [0.15, 0.2) is 17.2 Å². The zero-order valence-corrected chi connectivity index (χ0v) is 17.4. The number of nitrogens with zero attached hydrogens (tertiary/aromatic N) is 5. The summed E-state index contributed by atoms with van der Waals surface area (Å²) in [6.45, 7) is 2.47. The Hall–Kier alpha value is -3.47. The Morgan fingerprint density at radius 1 is 1.25 bits per heavy atom. The largest absolute Gasteiger partial charge is 0.483 e. The first kappa shape index (κ1) is 20.4. The molecule has 1 aliphatic carbocycles. The molecule has 6 rings (SSSR count). The Labute approximate surface area is 182 Å². The van der Waals surface area contributed by atoms with Crippen LogP contribution < -0.4 is 19.7 Å². The highest BCUT2D eigenvalue weighted by Gasteiger charge is 2.41. The lowest BCUT2D eigenvalue weighted by molar-refractivity contribution is 0.0932. The van der Waals surface area contributed by atoms with Gasteiger partial charge in [0.25, 0.3) is 5.91 Å². The van der Waals surface area contributed by atoms with Crippen molar-refractivity contribution >= 4 is 17.4 Å². The Morgan fingerprint density at radius 2 is 2.12 bits per heavy atom. The first-order valence-electron chi connectivity index (χ1n) is 10.5. The molecule has 3 aromatic heterocycles. The fourth-order valence-electron chi connectivity index (χ4n) is 4.68. The molecule has 3 N–H and O–H groups in total. The summed E-state index contributed by atoms with van der Waals surface area (Å²) in [5.74, 6) is 0.861. The lowest BCUT2D eigenvalue weighted by Gasteiger charge is -2.39. The number of nitrogens with one attached hydrogen (secondary N) is 1. The van der Waals surface area contributed by atoms with Crippen LogP contribution in [0, 0.1) is 5.82 Å². The van der Waals surface area contributed by atoms with Crippen LogP contribution in [0.3, 0.4) is 0 Å². The summed E-state index contributed by atoms with van der Waals surface area (Å²) >= 11 is 0. The first-order valence-corrected chi connectivity index (χ1v) is 10.5. The third kappa shape index (κ3) is 3.20. The molecule has 3 atom stereocenters. The Kier molecular flexibility index (Phi) is 4.85. The van der Waals surface area contributed by atoms with Crippen molar-refractivity contribution < 1.29 is 24.1 Å². The molecule has 32 heavy (non-hydrogen) atoms. The molecule has 10 nitrogen and oxygen atoms in total. The van der Waals surface area contributed by atoms with E-state index in [1.807, 2.05) is 6.92 Å². The molecule has 1 fully saturated rings. The minimum atomic E-state index is -0.425. The quantitative estimate of drug-likeness (QED) is 0.556. The number of aromatic nitrogens is 4. The summed E-state index contributed by atoms with van der Waals surface area (Å²) in [5.41, 5.74) is 1.46. The molecule has 0 radical (unpaired) electrons. The van der Waals surface area contributed by atoms with Crippen molar-refractivity contribution in [3.8, 4) is 11.6 Å². The molecule has 0 saturated heterocycles. The Morgan fingerprint density at radius 3 is 3.00 bits per heavy atom. The monoisotopic (exact) mass is 442 g/mol. The fourth-order valence-corrected chi connectivity index (χ4v) is 4.68. The molecule has 0 spiro atoms. The van der Waals surface area contributed by atoms with Gasteiger partial charge in [0.2, 0.25) is 5.88 Å². The van der Waals surface area contributed by atoms with Crippen LogP contribution in [0.4, 0.5) is 10.2 Å². The number of carbonyl (C=O) groups is 1. The maximum absolute atomic E-state index is 14.1. The zero-order valence-electron chi connectivity index (χ0n) is 17.4. The molecular weight excluding hydrogens is 419 g/mol. The van der Waals surface area contributed by atoms with Crippen molar-refractivity contribution in [1.29, 1.82) is 0 Å². The van der Waals surface area contributed by atoms with E-state index in [0.717, 1.165) is 25.5 Å². The molecule has 3 aromatic rings. The van der Waals surface area contributed by atoms with Crippen LogP contribution in [-0.2, 0) is 6.54 Å². The van der Waals surface area contributed by atoms with Crippen molar-refractivity contribution in [3.63, 3.8) is 0 Å². The number of anilines is 1. The van der Waals surface area contributed by atoms with Gasteiger partial charge < -0.3 is 25.2 Å². The van der Waals surface area contributed by atoms with Crippen molar-refractivity contribution in [2.24, 2.45) is 0 Å². The smallest absolute Gasteiger partial charge is 0.256 e. The van der Waals surface area contributed by atoms with Crippen LogP contribution in [0.25, 0.3) is 5.65 Å². The normalized spacial score (nSPS) is 24.1. The van der Waals surface area contributed by atoms with Crippen LogP contribution >= 0.6 is 0 Å². The van der Waals surface area contributed by atoms with Gasteiger partial charge >= 0.3 is 0 Å². The van der Waals surface area contributed by atoms with Gasteiger partial charge in [0, 0.05) is 5.56 Å². The van der Waals surface area contributed by atoms with E-state index in [9.17, 15) is 9.18 Å². The maximum Gasteiger partial charge on any atom is 0.256 e. The summed E-state index contributed by atoms with van der Waals surface area (Å²) in [7, 11) is 0. The molecule has 2 aliphatic heterocycles. The summed E-state index contributed by atoms with van der Waals surface area (Å²) < 4.78 is 27.9. The summed E-state index contributed by atoms with van der Waals surface area (Å²) in [5, 5.41) is 7.15. The standard InChI is InChI=1S/C21H21FN6O3.H2O/c1-11-6-23-20(29)14-8-25-28-10-17-19(26-18(14)28)27(15-3-2-4-16(15)31-17)9-12-5-13(22)7-24-21(12)30-11;/h5,7-8,10-11,15-16H,2-4,6,9H2,1H3,(H,23,29);1H2/t11-,15+,16-;/m0./s1. The molecule has 168 valence electrons. The van der Waals surface area contributed by atoms with Crippen molar-refractivity contribution in [1.82, 2.24) is 24.9 Å². The predicted octanol–water partition coefficient (Wildman–Crippen LogP) is 1.27. The molecule has 11 heteroatoms.